The Hall–Kier alpha value is -1.22. The number of esters is 1. The summed E-state index contributed by atoms with van der Waals surface area (Å²) in [5, 5.41) is 4.12. The Morgan fingerprint density at radius 1 is 1.35 bits per heavy atom. The molecular weight excluding hydrogens is 274 g/mol. The number of anilines is 1. The third-order valence-corrected chi connectivity index (χ3v) is 4.50. The number of benzene rings is 1. The number of rotatable bonds is 4. The van der Waals surface area contributed by atoms with Gasteiger partial charge in [-0.1, -0.05) is 24.9 Å². The first-order valence-electron chi connectivity index (χ1n) is 7.28. The zero-order valence-electron chi connectivity index (χ0n) is 12.1. The SMILES string of the molecule is CCC1CCC(Nc2cc(C(=O)OC)ccc2Cl)CC1. The third-order valence-electron chi connectivity index (χ3n) is 4.17. The number of methoxy groups -OCH3 is 1. The van der Waals surface area contributed by atoms with E-state index < -0.39 is 0 Å². The summed E-state index contributed by atoms with van der Waals surface area (Å²) in [7, 11) is 1.38. The molecule has 1 aromatic rings. The summed E-state index contributed by atoms with van der Waals surface area (Å²) in [4.78, 5) is 11.6. The van der Waals surface area contributed by atoms with Crippen LogP contribution in [-0.2, 0) is 4.74 Å². The van der Waals surface area contributed by atoms with Gasteiger partial charge in [-0.05, 0) is 49.8 Å². The largest absolute Gasteiger partial charge is 0.465 e. The minimum absolute atomic E-state index is 0.334. The summed E-state index contributed by atoms with van der Waals surface area (Å²) in [6.07, 6.45) is 6.13. The van der Waals surface area contributed by atoms with Crippen LogP contribution in [0, 0.1) is 5.92 Å². The second kappa shape index (κ2) is 6.98. The van der Waals surface area contributed by atoms with E-state index in [9.17, 15) is 4.79 Å². The lowest BCUT2D eigenvalue weighted by Gasteiger charge is -2.29. The van der Waals surface area contributed by atoms with Crippen LogP contribution < -0.4 is 5.32 Å². The molecule has 1 fully saturated rings. The van der Waals surface area contributed by atoms with E-state index >= 15 is 0 Å². The van der Waals surface area contributed by atoms with Crippen LogP contribution in [0.5, 0.6) is 0 Å². The maximum atomic E-state index is 11.6. The van der Waals surface area contributed by atoms with Crippen molar-refractivity contribution in [3.63, 3.8) is 0 Å². The first-order valence-corrected chi connectivity index (χ1v) is 7.66. The predicted octanol–water partition coefficient (Wildman–Crippen LogP) is 4.51. The van der Waals surface area contributed by atoms with Gasteiger partial charge in [-0.25, -0.2) is 4.79 Å². The highest BCUT2D eigenvalue weighted by atomic mass is 35.5. The van der Waals surface area contributed by atoms with Gasteiger partial charge >= 0.3 is 5.97 Å². The average Bonchev–Trinajstić information content (AvgIpc) is 2.49. The minimum atomic E-state index is -0.334. The van der Waals surface area contributed by atoms with Crippen molar-refractivity contribution < 1.29 is 9.53 Å². The molecule has 0 saturated heterocycles. The molecule has 1 aliphatic carbocycles. The van der Waals surface area contributed by atoms with Gasteiger partial charge in [0, 0.05) is 6.04 Å². The Morgan fingerprint density at radius 3 is 2.65 bits per heavy atom. The Labute approximate surface area is 125 Å². The number of hydrogen-bond acceptors (Lipinski definition) is 3. The van der Waals surface area contributed by atoms with E-state index in [2.05, 4.69) is 12.2 Å². The molecule has 0 radical (unpaired) electrons. The van der Waals surface area contributed by atoms with E-state index in [1.54, 1.807) is 18.2 Å². The highest BCUT2D eigenvalue weighted by molar-refractivity contribution is 6.33. The quantitative estimate of drug-likeness (QED) is 0.831. The van der Waals surface area contributed by atoms with Gasteiger partial charge in [0.1, 0.15) is 0 Å². The zero-order valence-corrected chi connectivity index (χ0v) is 12.9. The van der Waals surface area contributed by atoms with Crippen molar-refractivity contribution in [3.8, 4) is 0 Å². The van der Waals surface area contributed by atoms with Gasteiger partial charge < -0.3 is 10.1 Å². The summed E-state index contributed by atoms with van der Waals surface area (Å²) in [5.41, 5.74) is 1.36. The van der Waals surface area contributed by atoms with Crippen molar-refractivity contribution in [2.24, 2.45) is 5.92 Å². The zero-order chi connectivity index (χ0) is 14.5. The molecule has 1 aromatic carbocycles. The highest BCUT2D eigenvalue weighted by Gasteiger charge is 2.20. The van der Waals surface area contributed by atoms with E-state index in [1.165, 1.54) is 26.4 Å². The minimum Gasteiger partial charge on any atom is -0.465 e. The van der Waals surface area contributed by atoms with Gasteiger partial charge in [-0.3, -0.25) is 0 Å². The fraction of sp³-hybridized carbons (Fsp3) is 0.562. The lowest BCUT2D eigenvalue weighted by atomic mass is 9.84. The Balaban J connectivity index is 2.03. The first kappa shape index (κ1) is 15.2. The molecule has 20 heavy (non-hydrogen) atoms. The topological polar surface area (TPSA) is 38.3 Å². The van der Waals surface area contributed by atoms with E-state index in [0.29, 0.717) is 16.6 Å². The van der Waals surface area contributed by atoms with Crippen molar-refractivity contribution in [2.75, 3.05) is 12.4 Å². The van der Waals surface area contributed by atoms with Crippen LogP contribution in [0.15, 0.2) is 18.2 Å². The number of carbonyl (C=O) groups is 1. The van der Waals surface area contributed by atoms with Gasteiger partial charge in [0.15, 0.2) is 0 Å². The Kier molecular flexibility index (Phi) is 5.30. The average molecular weight is 296 g/mol. The van der Waals surface area contributed by atoms with Crippen LogP contribution in [0.3, 0.4) is 0 Å². The Morgan fingerprint density at radius 2 is 2.05 bits per heavy atom. The summed E-state index contributed by atoms with van der Waals surface area (Å²) in [6.45, 7) is 2.26. The monoisotopic (exact) mass is 295 g/mol. The van der Waals surface area contributed by atoms with Crippen molar-refractivity contribution >= 4 is 23.3 Å². The molecule has 2 rings (SSSR count). The number of nitrogens with one attached hydrogen (secondary N) is 1. The normalized spacial score (nSPS) is 22.4. The molecule has 0 bridgehead atoms. The fourth-order valence-corrected chi connectivity index (χ4v) is 2.99. The highest BCUT2D eigenvalue weighted by Crippen LogP contribution is 2.31. The maximum absolute atomic E-state index is 11.6. The van der Waals surface area contributed by atoms with E-state index in [1.807, 2.05) is 0 Å². The molecule has 0 aliphatic heterocycles. The summed E-state index contributed by atoms with van der Waals surface area (Å²) >= 11 is 6.20. The number of carbonyl (C=O) groups excluding carboxylic acids is 1. The smallest absolute Gasteiger partial charge is 0.337 e. The predicted molar refractivity (Wildman–Crippen MR) is 82.5 cm³/mol. The standard InChI is InChI=1S/C16H22ClNO2/c1-3-11-4-7-13(8-5-11)18-15-10-12(16(19)20-2)6-9-14(15)17/h6,9-11,13,18H,3-5,7-8H2,1-2H3. The second-order valence-corrected chi connectivity index (χ2v) is 5.86. The van der Waals surface area contributed by atoms with Crippen LogP contribution >= 0.6 is 11.6 Å². The summed E-state index contributed by atoms with van der Waals surface area (Å²) in [5.74, 6) is 0.532. The van der Waals surface area contributed by atoms with Gasteiger partial charge in [-0.2, -0.15) is 0 Å². The van der Waals surface area contributed by atoms with Crippen molar-refractivity contribution in [3.05, 3.63) is 28.8 Å². The Bertz CT molecular complexity index is 468. The summed E-state index contributed by atoms with van der Waals surface area (Å²) < 4.78 is 4.74. The molecule has 1 aliphatic rings. The van der Waals surface area contributed by atoms with E-state index in [0.717, 1.165) is 24.4 Å². The van der Waals surface area contributed by atoms with Crippen LogP contribution in [0.1, 0.15) is 49.4 Å². The van der Waals surface area contributed by atoms with Crippen molar-refractivity contribution in [1.29, 1.82) is 0 Å². The van der Waals surface area contributed by atoms with Crippen LogP contribution in [-0.4, -0.2) is 19.1 Å². The van der Waals surface area contributed by atoms with E-state index in [-0.39, 0.29) is 5.97 Å². The molecule has 0 heterocycles. The third kappa shape index (κ3) is 3.66. The lowest BCUT2D eigenvalue weighted by molar-refractivity contribution is 0.0601. The molecule has 4 heteroatoms. The molecule has 1 N–H and O–H groups in total. The number of halogens is 1. The molecule has 110 valence electrons. The lowest BCUT2D eigenvalue weighted by Crippen LogP contribution is -2.26. The second-order valence-electron chi connectivity index (χ2n) is 5.46. The molecule has 0 spiro atoms. The first-order chi connectivity index (χ1) is 9.63. The molecule has 0 aromatic heterocycles. The fourth-order valence-electron chi connectivity index (χ4n) is 2.82. The maximum Gasteiger partial charge on any atom is 0.337 e. The van der Waals surface area contributed by atoms with Gasteiger partial charge in [-0.15, -0.1) is 0 Å². The van der Waals surface area contributed by atoms with Crippen LogP contribution in [0.25, 0.3) is 0 Å². The van der Waals surface area contributed by atoms with Gasteiger partial charge in [0.2, 0.25) is 0 Å². The van der Waals surface area contributed by atoms with Crippen molar-refractivity contribution in [1.82, 2.24) is 0 Å². The van der Waals surface area contributed by atoms with Gasteiger partial charge in [0.05, 0.1) is 23.4 Å². The number of ether oxygens (including phenoxy) is 1. The molecule has 1 saturated carbocycles. The molecule has 0 atom stereocenters. The van der Waals surface area contributed by atoms with E-state index in [4.69, 9.17) is 16.3 Å². The van der Waals surface area contributed by atoms with Crippen LogP contribution in [0.4, 0.5) is 5.69 Å². The number of hydrogen-bond donors (Lipinski definition) is 1. The van der Waals surface area contributed by atoms with Crippen LogP contribution in [0.2, 0.25) is 5.02 Å². The molecule has 0 unspecified atom stereocenters. The summed E-state index contributed by atoms with van der Waals surface area (Å²) in [6, 6.07) is 5.66. The molecule has 3 nitrogen and oxygen atoms in total. The van der Waals surface area contributed by atoms with Crippen molar-refractivity contribution in [2.45, 2.75) is 45.1 Å². The molecular formula is C16H22ClNO2. The van der Waals surface area contributed by atoms with Gasteiger partial charge in [0.25, 0.3) is 0 Å². The molecule has 0 amide bonds.